The van der Waals surface area contributed by atoms with Crippen LogP contribution < -0.4 is 5.32 Å². The first-order valence-corrected chi connectivity index (χ1v) is 4.27. The normalized spacial score (nSPS) is 13.2. The van der Waals surface area contributed by atoms with E-state index in [-0.39, 0.29) is 6.04 Å². The number of hydrogen-bond donors (Lipinski definition) is 1. The molecule has 0 saturated carbocycles. The SMILES string of the molecule is CCCc1nnc(C(C)NC)o1. The first-order chi connectivity index (χ1) is 5.77. The Kier molecular flexibility index (Phi) is 3.22. The average molecular weight is 169 g/mol. The lowest BCUT2D eigenvalue weighted by molar-refractivity contribution is 0.404. The molecule has 12 heavy (non-hydrogen) atoms. The summed E-state index contributed by atoms with van der Waals surface area (Å²) in [4.78, 5) is 0. The number of nitrogens with zero attached hydrogens (tertiary/aromatic N) is 2. The van der Waals surface area contributed by atoms with Gasteiger partial charge in [-0.2, -0.15) is 0 Å². The Morgan fingerprint density at radius 2 is 2.25 bits per heavy atom. The molecule has 0 aromatic carbocycles. The fourth-order valence-corrected chi connectivity index (χ4v) is 0.880. The van der Waals surface area contributed by atoms with Crippen LogP contribution in [0.4, 0.5) is 0 Å². The van der Waals surface area contributed by atoms with E-state index in [1.54, 1.807) is 0 Å². The maximum absolute atomic E-state index is 5.39. The predicted octanol–water partition coefficient (Wildman–Crippen LogP) is 1.30. The minimum Gasteiger partial charge on any atom is -0.424 e. The topological polar surface area (TPSA) is 51.0 Å². The van der Waals surface area contributed by atoms with Crippen molar-refractivity contribution >= 4 is 0 Å². The number of hydrogen-bond acceptors (Lipinski definition) is 4. The van der Waals surface area contributed by atoms with Gasteiger partial charge in [0.1, 0.15) is 0 Å². The number of rotatable bonds is 4. The fraction of sp³-hybridized carbons (Fsp3) is 0.750. The number of aromatic nitrogens is 2. The maximum Gasteiger partial charge on any atom is 0.233 e. The van der Waals surface area contributed by atoms with Crippen molar-refractivity contribution < 1.29 is 4.42 Å². The third-order valence-corrected chi connectivity index (χ3v) is 1.75. The molecule has 1 aromatic rings. The van der Waals surface area contributed by atoms with E-state index in [9.17, 15) is 0 Å². The Labute approximate surface area is 72.4 Å². The van der Waals surface area contributed by atoms with Crippen molar-refractivity contribution in [1.29, 1.82) is 0 Å². The zero-order valence-electron chi connectivity index (χ0n) is 7.79. The van der Waals surface area contributed by atoms with Gasteiger partial charge in [0.2, 0.25) is 11.8 Å². The lowest BCUT2D eigenvalue weighted by atomic mass is 10.3. The van der Waals surface area contributed by atoms with Gasteiger partial charge < -0.3 is 9.73 Å². The molecule has 68 valence electrons. The van der Waals surface area contributed by atoms with Crippen LogP contribution in [0.15, 0.2) is 4.42 Å². The van der Waals surface area contributed by atoms with Gasteiger partial charge in [0, 0.05) is 6.42 Å². The summed E-state index contributed by atoms with van der Waals surface area (Å²) in [5.74, 6) is 1.40. The van der Waals surface area contributed by atoms with E-state index >= 15 is 0 Å². The van der Waals surface area contributed by atoms with Gasteiger partial charge in [-0.15, -0.1) is 10.2 Å². The third-order valence-electron chi connectivity index (χ3n) is 1.75. The number of nitrogens with one attached hydrogen (secondary N) is 1. The van der Waals surface area contributed by atoms with Crippen molar-refractivity contribution in [3.8, 4) is 0 Å². The van der Waals surface area contributed by atoms with Gasteiger partial charge in [-0.1, -0.05) is 6.92 Å². The first-order valence-electron chi connectivity index (χ1n) is 4.27. The minimum atomic E-state index is 0.142. The van der Waals surface area contributed by atoms with Crippen molar-refractivity contribution in [2.24, 2.45) is 0 Å². The van der Waals surface area contributed by atoms with E-state index in [1.807, 2.05) is 14.0 Å². The standard InChI is InChI=1S/C8H15N3O/c1-4-5-7-10-11-8(12-7)6(2)9-3/h6,9H,4-5H2,1-3H3. The fourth-order valence-electron chi connectivity index (χ4n) is 0.880. The maximum atomic E-state index is 5.39. The summed E-state index contributed by atoms with van der Waals surface area (Å²) in [6.07, 6.45) is 1.90. The van der Waals surface area contributed by atoms with Crippen LogP contribution in [0.2, 0.25) is 0 Å². The second kappa shape index (κ2) is 4.21. The molecule has 1 N–H and O–H groups in total. The molecule has 0 aliphatic carbocycles. The van der Waals surface area contributed by atoms with Crippen LogP contribution >= 0.6 is 0 Å². The van der Waals surface area contributed by atoms with E-state index in [4.69, 9.17) is 4.42 Å². The van der Waals surface area contributed by atoms with Crippen molar-refractivity contribution in [3.05, 3.63) is 11.8 Å². The Morgan fingerprint density at radius 3 is 2.83 bits per heavy atom. The van der Waals surface area contributed by atoms with Gasteiger partial charge >= 0.3 is 0 Å². The molecule has 0 aliphatic heterocycles. The molecule has 0 bridgehead atoms. The van der Waals surface area contributed by atoms with E-state index in [1.165, 1.54) is 0 Å². The Hall–Kier alpha value is -0.900. The molecule has 1 unspecified atom stereocenters. The number of aryl methyl sites for hydroxylation is 1. The molecule has 4 nitrogen and oxygen atoms in total. The quantitative estimate of drug-likeness (QED) is 0.738. The highest BCUT2D eigenvalue weighted by Crippen LogP contribution is 2.10. The molecule has 0 aliphatic rings. The second-order valence-corrected chi connectivity index (χ2v) is 2.79. The second-order valence-electron chi connectivity index (χ2n) is 2.79. The summed E-state index contributed by atoms with van der Waals surface area (Å²) >= 11 is 0. The highest BCUT2D eigenvalue weighted by molar-refractivity contribution is 4.87. The molecule has 1 atom stereocenters. The Balaban J connectivity index is 2.63. The molecular formula is C8H15N3O. The van der Waals surface area contributed by atoms with Gasteiger partial charge in [0.05, 0.1) is 6.04 Å². The third kappa shape index (κ3) is 2.04. The molecule has 1 aromatic heterocycles. The lowest BCUT2D eigenvalue weighted by Gasteiger charge is -2.01. The van der Waals surface area contributed by atoms with Gasteiger partial charge in [-0.3, -0.25) is 0 Å². The van der Waals surface area contributed by atoms with Crippen molar-refractivity contribution in [2.75, 3.05) is 7.05 Å². The summed E-state index contributed by atoms with van der Waals surface area (Å²) in [6.45, 7) is 4.08. The molecular weight excluding hydrogens is 154 g/mol. The lowest BCUT2D eigenvalue weighted by Crippen LogP contribution is -2.12. The molecule has 4 heteroatoms. The average Bonchev–Trinajstić information content (AvgIpc) is 2.52. The monoisotopic (exact) mass is 169 g/mol. The van der Waals surface area contributed by atoms with Crippen molar-refractivity contribution in [3.63, 3.8) is 0 Å². The summed E-state index contributed by atoms with van der Waals surface area (Å²) in [5, 5.41) is 10.9. The van der Waals surface area contributed by atoms with E-state index in [2.05, 4.69) is 22.4 Å². The molecule has 1 rings (SSSR count). The van der Waals surface area contributed by atoms with E-state index in [0.717, 1.165) is 18.7 Å². The summed E-state index contributed by atoms with van der Waals surface area (Å²) in [7, 11) is 1.87. The summed E-state index contributed by atoms with van der Waals surface area (Å²) in [5.41, 5.74) is 0. The zero-order valence-corrected chi connectivity index (χ0v) is 7.79. The molecule has 0 amide bonds. The van der Waals surface area contributed by atoms with Gasteiger partial charge in [-0.25, -0.2) is 0 Å². The van der Waals surface area contributed by atoms with Crippen LogP contribution in [0.25, 0.3) is 0 Å². The molecule has 0 fully saturated rings. The first kappa shape index (κ1) is 9.19. The van der Waals surface area contributed by atoms with Crippen molar-refractivity contribution in [1.82, 2.24) is 15.5 Å². The Morgan fingerprint density at radius 1 is 1.50 bits per heavy atom. The Bertz CT molecular complexity index is 234. The van der Waals surface area contributed by atoms with Crippen LogP contribution in [0.1, 0.15) is 38.1 Å². The predicted molar refractivity (Wildman–Crippen MR) is 45.8 cm³/mol. The summed E-state index contributed by atoms with van der Waals surface area (Å²) < 4.78 is 5.39. The smallest absolute Gasteiger partial charge is 0.233 e. The van der Waals surface area contributed by atoms with Crippen LogP contribution in [0.3, 0.4) is 0 Å². The summed E-state index contributed by atoms with van der Waals surface area (Å²) in [6, 6.07) is 0.142. The largest absolute Gasteiger partial charge is 0.424 e. The van der Waals surface area contributed by atoms with Gasteiger partial charge in [0.15, 0.2) is 0 Å². The molecule has 1 heterocycles. The van der Waals surface area contributed by atoms with Crippen molar-refractivity contribution in [2.45, 2.75) is 32.7 Å². The van der Waals surface area contributed by atoms with Crippen LogP contribution in [0, 0.1) is 0 Å². The zero-order chi connectivity index (χ0) is 8.97. The molecule has 0 radical (unpaired) electrons. The van der Waals surface area contributed by atoms with Gasteiger partial charge in [0.25, 0.3) is 0 Å². The van der Waals surface area contributed by atoms with Crippen LogP contribution in [-0.2, 0) is 6.42 Å². The van der Waals surface area contributed by atoms with Crippen LogP contribution in [-0.4, -0.2) is 17.2 Å². The van der Waals surface area contributed by atoms with E-state index < -0.39 is 0 Å². The molecule has 0 spiro atoms. The van der Waals surface area contributed by atoms with E-state index in [0.29, 0.717) is 5.89 Å². The minimum absolute atomic E-state index is 0.142. The molecule has 0 saturated heterocycles. The van der Waals surface area contributed by atoms with Crippen LogP contribution in [0.5, 0.6) is 0 Å². The highest BCUT2D eigenvalue weighted by Gasteiger charge is 2.10. The highest BCUT2D eigenvalue weighted by atomic mass is 16.4. The van der Waals surface area contributed by atoms with Gasteiger partial charge in [-0.05, 0) is 20.4 Å².